The summed E-state index contributed by atoms with van der Waals surface area (Å²) < 4.78 is 5.60. The van der Waals surface area contributed by atoms with Gasteiger partial charge in [-0.15, -0.1) is 12.3 Å². The summed E-state index contributed by atoms with van der Waals surface area (Å²) in [6, 6.07) is 9.11. The van der Waals surface area contributed by atoms with E-state index in [0.717, 1.165) is 38.2 Å². The van der Waals surface area contributed by atoms with E-state index in [-0.39, 0.29) is 0 Å². The first-order valence-corrected chi connectivity index (χ1v) is 9.99. The lowest BCUT2D eigenvalue weighted by Crippen LogP contribution is -2.53. The Bertz CT molecular complexity index is 587. The van der Waals surface area contributed by atoms with Gasteiger partial charge in [-0.05, 0) is 75.9 Å². The topological polar surface area (TPSA) is 15.7 Å². The molecule has 0 N–H and O–H groups in total. The highest BCUT2D eigenvalue weighted by molar-refractivity contribution is 5.51. The van der Waals surface area contributed by atoms with E-state index in [9.17, 15) is 0 Å². The third-order valence-electron chi connectivity index (χ3n) is 5.78. The van der Waals surface area contributed by atoms with Crippen molar-refractivity contribution in [2.75, 3.05) is 38.2 Å². The van der Waals surface area contributed by atoms with Gasteiger partial charge in [0.25, 0.3) is 0 Å². The lowest BCUT2D eigenvalue weighted by Gasteiger charge is -2.50. The summed E-state index contributed by atoms with van der Waals surface area (Å²) in [6.07, 6.45) is 8.60. The Morgan fingerprint density at radius 1 is 1.31 bits per heavy atom. The van der Waals surface area contributed by atoms with Gasteiger partial charge >= 0.3 is 0 Å². The highest BCUT2D eigenvalue weighted by atomic mass is 16.5. The van der Waals surface area contributed by atoms with E-state index < -0.39 is 0 Å². The van der Waals surface area contributed by atoms with E-state index in [4.69, 9.17) is 11.2 Å². The van der Waals surface area contributed by atoms with Crippen LogP contribution in [0.25, 0.3) is 0 Å². The van der Waals surface area contributed by atoms with Crippen LogP contribution >= 0.6 is 0 Å². The van der Waals surface area contributed by atoms with Crippen molar-refractivity contribution in [2.24, 2.45) is 11.3 Å². The number of terminal acetylenes is 1. The van der Waals surface area contributed by atoms with Gasteiger partial charge in [-0.2, -0.15) is 0 Å². The summed E-state index contributed by atoms with van der Waals surface area (Å²) in [6.45, 7) is 13.2. The average molecular weight is 357 g/mol. The second-order valence-electron chi connectivity index (χ2n) is 8.38. The van der Waals surface area contributed by atoms with Crippen molar-refractivity contribution >= 4 is 5.69 Å². The standard InChI is InChI=1S/C23H36N2O/c1-7-9-10-15-24(6)17-20-16-23(4,5)19(3)25(18-20)21-11-13-22(14-12-21)26-8-2/h1,11-14,19-20H,8-10,15-18H2,2-6H3. The van der Waals surface area contributed by atoms with Gasteiger partial charge in [0.1, 0.15) is 5.75 Å². The zero-order chi connectivity index (χ0) is 19.2. The van der Waals surface area contributed by atoms with Crippen molar-refractivity contribution in [2.45, 2.75) is 53.0 Å². The van der Waals surface area contributed by atoms with Crippen LogP contribution in [0, 0.1) is 23.7 Å². The molecule has 0 radical (unpaired) electrons. The summed E-state index contributed by atoms with van der Waals surface area (Å²) in [5.74, 6) is 4.36. The number of anilines is 1. The van der Waals surface area contributed by atoms with Crippen LogP contribution in [0.2, 0.25) is 0 Å². The van der Waals surface area contributed by atoms with Crippen molar-refractivity contribution in [3.8, 4) is 18.1 Å². The molecule has 0 spiro atoms. The summed E-state index contributed by atoms with van der Waals surface area (Å²) in [4.78, 5) is 5.03. The first-order chi connectivity index (χ1) is 12.4. The lowest BCUT2D eigenvalue weighted by molar-refractivity contribution is 0.142. The van der Waals surface area contributed by atoms with Crippen LogP contribution < -0.4 is 9.64 Å². The minimum absolute atomic E-state index is 0.293. The third-order valence-corrected chi connectivity index (χ3v) is 5.78. The second kappa shape index (κ2) is 9.33. The average Bonchev–Trinajstić information content (AvgIpc) is 2.59. The Labute approximate surface area is 160 Å². The lowest BCUT2D eigenvalue weighted by atomic mass is 9.72. The Balaban J connectivity index is 2.06. The highest BCUT2D eigenvalue weighted by Crippen LogP contribution is 2.40. The molecule has 2 unspecified atom stereocenters. The SMILES string of the molecule is C#CCCCN(C)CC1CN(c2ccc(OCC)cc2)C(C)C(C)(C)C1. The van der Waals surface area contributed by atoms with Crippen LogP contribution in [-0.2, 0) is 0 Å². The molecule has 0 bridgehead atoms. The smallest absolute Gasteiger partial charge is 0.119 e. The number of hydrogen-bond acceptors (Lipinski definition) is 3. The van der Waals surface area contributed by atoms with E-state index in [1.165, 1.54) is 12.1 Å². The van der Waals surface area contributed by atoms with Crippen LogP contribution in [0.4, 0.5) is 5.69 Å². The Hall–Kier alpha value is -1.66. The van der Waals surface area contributed by atoms with Crippen LogP contribution in [0.1, 0.15) is 47.0 Å². The number of nitrogens with zero attached hydrogens (tertiary/aromatic N) is 2. The minimum atomic E-state index is 0.293. The number of unbranched alkanes of at least 4 members (excludes halogenated alkanes) is 1. The largest absolute Gasteiger partial charge is 0.494 e. The fourth-order valence-electron chi connectivity index (χ4n) is 4.17. The Morgan fingerprint density at radius 3 is 2.62 bits per heavy atom. The zero-order valence-electron chi connectivity index (χ0n) is 17.3. The van der Waals surface area contributed by atoms with Crippen LogP contribution in [0.5, 0.6) is 5.75 Å². The van der Waals surface area contributed by atoms with E-state index in [1.807, 2.05) is 6.92 Å². The van der Waals surface area contributed by atoms with Gasteiger partial charge in [0.05, 0.1) is 6.61 Å². The van der Waals surface area contributed by atoms with Gasteiger partial charge in [0.15, 0.2) is 0 Å². The number of hydrogen-bond donors (Lipinski definition) is 0. The van der Waals surface area contributed by atoms with Gasteiger partial charge in [-0.25, -0.2) is 0 Å². The molecule has 3 heteroatoms. The zero-order valence-corrected chi connectivity index (χ0v) is 17.3. The van der Waals surface area contributed by atoms with E-state index in [2.05, 4.69) is 67.8 Å². The van der Waals surface area contributed by atoms with Gasteiger partial charge in [-0.3, -0.25) is 0 Å². The molecule has 1 saturated heterocycles. The van der Waals surface area contributed by atoms with Crippen molar-refractivity contribution < 1.29 is 4.74 Å². The van der Waals surface area contributed by atoms with Crippen molar-refractivity contribution in [3.05, 3.63) is 24.3 Å². The summed E-state index contributed by atoms with van der Waals surface area (Å²) in [5, 5.41) is 0. The fraction of sp³-hybridized carbons (Fsp3) is 0.652. The maximum Gasteiger partial charge on any atom is 0.119 e. The van der Waals surface area contributed by atoms with Crippen molar-refractivity contribution in [1.29, 1.82) is 0 Å². The molecule has 1 aromatic carbocycles. The number of benzene rings is 1. The molecule has 0 aliphatic carbocycles. The molecule has 2 rings (SSSR count). The fourth-order valence-corrected chi connectivity index (χ4v) is 4.17. The van der Waals surface area contributed by atoms with Crippen molar-refractivity contribution in [1.82, 2.24) is 4.90 Å². The molecule has 1 aliphatic rings. The second-order valence-corrected chi connectivity index (χ2v) is 8.38. The van der Waals surface area contributed by atoms with Crippen LogP contribution in [-0.4, -0.2) is 44.2 Å². The normalized spacial score (nSPS) is 22.3. The summed E-state index contributed by atoms with van der Waals surface area (Å²) >= 11 is 0. The number of ether oxygens (including phenoxy) is 1. The molecule has 0 aromatic heterocycles. The molecule has 3 nitrogen and oxygen atoms in total. The van der Waals surface area contributed by atoms with Crippen LogP contribution in [0.15, 0.2) is 24.3 Å². The summed E-state index contributed by atoms with van der Waals surface area (Å²) in [5.41, 5.74) is 1.59. The molecule has 2 atom stereocenters. The number of piperidine rings is 1. The molecule has 1 fully saturated rings. The first kappa shape index (κ1) is 20.6. The molecular weight excluding hydrogens is 320 g/mol. The maximum atomic E-state index is 5.60. The van der Waals surface area contributed by atoms with Gasteiger partial charge in [-0.1, -0.05) is 13.8 Å². The molecule has 1 heterocycles. The van der Waals surface area contributed by atoms with Crippen molar-refractivity contribution in [3.63, 3.8) is 0 Å². The van der Waals surface area contributed by atoms with E-state index >= 15 is 0 Å². The molecular formula is C23H36N2O. The van der Waals surface area contributed by atoms with Gasteiger partial charge in [0.2, 0.25) is 0 Å². The molecule has 1 aliphatic heterocycles. The van der Waals surface area contributed by atoms with Gasteiger partial charge in [0, 0.05) is 31.2 Å². The molecule has 26 heavy (non-hydrogen) atoms. The monoisotopic (exact) mass is 356 g/mol. The predicted octanol–water partition coefficient (Wildman–Crippen LogP) is 4.67. The minimum Gasteiger partial charge on any atom is -0.494 e. The Morgan fingerprint density at radius 2 is 2.00 bits per heavy atom. The highest BCUT2D eigenvalue weighted by Gasteiger charge is 2.39. The predicted molar refractivity (Wildman–Crippen MR) is 112 cm³/mol. The maximum absolute atomic E-state index is 5.60. The van der Waals surface area contributed by atoms with E-state index in [1.54, 1.807) is 0 Å². The molecule has 0 saturated carbocycles. The summed E-state index contributed by atoms with van der Waals surface area (Å²) in [7, 11) is 2.22. The first-order valence-electron chi connectivity index (χ1n) is 9.99. The Kier molecular flexibility index (Phi) is 7.41. The molecule has 1 aromatic rings. The number of rotatable bonds is 8. The quantitative estimate of drug-likeness (QED) is 0.497. The molecule has 144 valence electrons. The third kappa shape index (κ3) is 5.42. The van der Waals surface area contributed by atoms with Gasteiger partial charge < -0.3 is 14.5 Å². The van der Waals surface area contributed by atoms with E-state index in [0.29, 0.717) is 24.0 Å². The molecule has 0 amide bonds. The van der Waals surface area contributed by atoms with Crippen LogP contribution in [0.3, 0.4) is 0 Å².